The number of aromatic nitrogens is 3. The standard InChI is InChI=1S/3C7H5NO4.5C6H15N.2CHF3O3S.Er/c3*9-6(10)4-2-1-3-5(8-4)7(11)12;5*1-4-7(5-2)6-3;2*2-1(3,4)8(5,6)7;/h3*1-3H,(H,9,10)(H,11,12);5*4-6H2,1-3H3;2*(H,5,6,7);/q;;;;;;;;;;+3/p-3. The molecule has 0 saturated carbocycles. The van der Waals surface area contributed by atoms with Crippen molar-refractivity contribution in [1.82, 2.24) is 15.0 Å². The van der Waals surface area contributed by atoms with Gasteiger partial charge in [0.1, 0.15) is 0 Å². The normalized spacial score (nSPS) is 10.5. The minimum atomic E-state index is -6.09. The van der Waals surface area contributed by atoms with Gasteiger partial charge in [0.15, 0.2) is 20.2 Å². The molecule has 35 heteroatoms. The molecule has 88 heavy (non-hydrogen) atoms. The molecular weight excluding hydrogens is 1380 g/mol. The molecule has 0 atom stereocenters. The zero-order chi connectivity index (χ0) is 69.9. The van der Waals surface area contributed by atoms with E-state index in [0.717, 1.165) is 36.4 Å². The number of nitrogens with one attached hydrogen (secondary N) is 5. The van der Waals surface area contributed by atoms with Crippen LogP contribution in [0.4, 0.5) is 26.3 Å². The molecule has 3 aromatic heterocycles. The molecule has 0 aliphatic carbocycles. The van der Waals surface area contributed by atoms with Crippen molar-refractivity contribution in [3.63, 3.8) is 0 Å². The van der Waals surface area contributed by atoms with Crippen molar-refractivity contribution in [2.24, 2.45) is 0 Å². The van der Waals surface area contributed by atoms with Gasteiger partial charge in [0.05, 0.1) is 168 Å². The summed E-state index contributed by atoms with van der Waals surface area (Å²) in [7, 11) is -12.2. The van der Waals surface area contributed by atoms with E-state index in [1.807, 2.05) is 0 Å². The second-order valence-electron chi connectivity index (χ2n) is 16.8. The van der Waals surface area contributed by atoms with Crippen LogP contribution in [0.3, 0.4) is 0 Å². The smallest absolute Gasteiger partial charge is 0.741 e. The van der Waals surface area contributed by atoms with E-state index in [1.54, 1.807) is 24.5 Å². The van der Waals surface area contributed by atoms with Crippen molar-refractivity contribution >= 4 is 56.1 Å². The molecule has 3 rings (SSSR count). The first-order chi connectivity index (χ1) is 40.1. The fraction of sp³-hybridized carbons (Fsp3) is 0.604. The third-order valence-electron chi connectivity index (χ3n) is 11.6. The van der Waals surface area contributed by atoms with E-state index in [9.17, 15) is 85.7 Å². The number of nitrogens with zero attached hydrogens (tertiary/aromatic N) is 3. The maximum Gasteiger partial charge on any atom is 3.00 e. The molecule has 5 N–H and O–H groups in total. The largest absolute Gasteiger partial charge is 3.00 e. The van der Waals surface area contributed by atoms with Gasteiger partial charge < -0.3 is 93.0 Å². The molecule has 0 aliphatic heterocycles. The SMILES string of the molecule is CC[NH+](CC)CC.CC[NH+](CC)CC.CC[NH+](CC)CC.CC[NH+](CC)CC.CC[NH+](CC)CC.O=C([O-])c1cccc(C(=O)[O-])n1.O=C([O-])c1cccc(C(=O)[O-])n1.O=C([O-])c1cccc(C(=O)[O-])n1.O=S(=O)([O-])C(F)(F)F.O=S(=O)([O-])C(F)(F)F.[Er+3]. The monoisotopic (exact) mass is 1470 g/mol. The van der Waals surface area contributed by atoms with Crippen molar-refractivity contribution in [3.8, 4) is 0 Å². The van der Waals surface area contributed by atoms with Crippen molar-refractivity contribution < 1.29 is 173 Å². The molecule has 3 heterocycles. The number of quaternary nitrogens is 5. The van der Waals surface area contributed by atoms with Gasteiger partial charge in [-0.1, -0.05) is 18.2 Å². The molecule has 0 amide bonds. The van der Waals surface area contributed by atoms with Crippen LogP contribution in [0.1, 0.15) is 167 Å². The van der Waals surface area contributed by atoms with Crippen molar-refractivity contribution in [1.29, 1.82) is 0 Å². The van der Waals surface area contributed by atoms with E-state index >= 15 is 0 Å². The fourth-order valence-corrected chi connectivity index (χ4v) is 5.74. The predicted molar refractivity (Wildman–Crippen MR) is 293 cm³/mol. The van der Waals surface area contributed by atoms with Crippen molar-refractivity contribution in [2.45, 2.75) is 115 Å². The molecule has 0 bridgehead atoms. The van der Waals surface area contributed by atoms with E-state index in [0.29, 0.717) is 0 Å². The van der Waals surface area contributed by atoms with Gasteiger partial charge in [-0.2, -0.15) is 26.3 Å². The van der Waals surface area contributed by atoms with E-state index in [2.05, 4.69) is 119 Å². The van der Waals surface area contributed by atoms with Crippen LogP contribution in [0.2, 0.25) is 0 Å². The number of aromatic carboxylic acids is 6. The van der Waals surface area contributed by atoms with E-state index in [-0.39, 0.29) is 37.3 Å². The van der Waals surface area contributed by atoms with E-state index in [4.69, 9.17) is 25.9 Å². The minimum Gasteiger partial charge on any atom is -0.741 e. The summed E-state index contributed by atoms with van der Waals surface area (Å²) in [5, 5.41) is 61.1. The fourth-order valence-electron chi connectivity index (χ4n) is 5.74. The Kier molecular flexibility index (Phi) is 64.0. The van der Waals surface area contributed by atoms with Crippen molar-refractivity contribution in [2.75, 3.05) is 98.2 Å². The quantitative estimate of drug-likeness (QED) is 0.0376. The van der Waals surface area contributed by atoms with Gasteiger partial charge in [0.2, 0.25) is 0 Å². The van der Waals surface area contributed by atoms with Crippen LogP contribution in [-0.2, 0) is 20.2 Å². The third-order valence-corrected chi connectivity index (χ3v) is 12.7. The number of hydrogen-bond donors (Lipinski definition) is 5. The van der Waals surface area contributed by atoms with Crippen LogP contribution in [0.15, 0.2) is 54.6 Å². The van der Waals surface area contributed by atoms with Gasteiger partial charge in [0, 0.05) is 0 Å². The van der Waals surface area contributed by atoms with Crippen LogP contribution >= 0.6 is 0 Å². The van der Waals surface area contributed by atoms with E-state index in [1.165, 1.54) is 116 Å². The van der Waals surface area contributed by atoms with Crippen LogP contribution in [0, 0.1) is 37.3 Å². The molecule has 0 aromatic carbocycles. The number of pyridine rings is 3. The summed E-state index contributed by atoms with van der Waals surface area (Å²) in [6.45, 7) is 52.4. The van der Waals surface area contributed by atoms with Gasteiger partial charge in [-0.05, 0) is 140 Å². The molecule has 0 aliphatic rings. The second kappa shape index (κ2) is 56.9. The molecule has 1 radical (unpaired) electrons. The number of carboxylic acids is 6. The summed E-state index contributed by atoms with van der Waals surface area (Å²) >= 11 is 0. The summed E-state index contributed by atoms with van der Waals surface area (Å²) in [4.78, 5) is 79.3. The molecule has 0 spiro atoms. The Morgan fingerprint density at radius 3 is 0.455 bits per heavy atom. The Morgan fingerprint density at radius 2 is 0.409 bits per heavy atom. The van der Waals surface area contributed by atoms with Gasteiger partial charge in [-0.15, -0.1) is 0 Å². The number of carbonyl (C=O) groups excluding carboxylic acids is 6. The average molecular weight is 1470 g/mol. The average Bonchev–Trinajstić information content (AvgIpc) is 3.46. The Balaban J connectivity index is -0.000000136. The maximum atomic E-state index is 10.7. The molecule has 26 nitrogen and oxygen atoms in total. The maximum absolute atomic E-state index is 10.7. The number of rotatable bonds is 21. The van der Waals surface area contributed by atoms with Crippen molar-refractivity contribution in [3.05, 3.63) is 88.8 Å². The number of halogens is 6. The number of carbonyl (C=O) groups is 6. The molecule has 0 unspecified atom stereocenters. The summed E-state index contributed by atoms with van der Waals surface area (Å²) in [5.41, 5.74) is -13.8. The Morgan fingerprint density at radius 1 is 0.318 bits per heavy atom. The summed E-state index contributed by atoms with van der Waals surface area (Å²) < 4.78 is 118. The summed E-state index contributed by atoms with van der Waals surface area (Å²) in [6, 6.07) is 10.6. The van der Waals surface area contributed by atoms with Gasteiger partial charge in [0.25, 0.3) is 0 Å². The topological polar surface area (TPSA) is 416 Å². The number of hydrogen-bond acceptors (Lipinski definition) is 21. The van der Waals surface area contributed by atoms with Gasteiger partial charge in [-0.3, -0.25) is 0 Å². The molecule has 0 fully saturated rings. The van der Waals surface area contributed by atoms with Gasteiger partial charge >= 0.3 is 48.3 Å². The van der Waals surface area contributed by atoms with Crippen LogP contribution < -0.4 is 55.1 Å². The Bertz CT molecular complexity index is 2170. The Labute approximate surface area is 543 Å². The zero-order valence-corrected chi connectivity index (χ0v) is 55.9. The molecular formula is C53H89ErF6N8O18S2. The zero-order valence-electron chi connectivity index (χ0n) is 52.4. The van der Waals surface area contributed by atoms with E-state index < -0.39 is 101 Å². The van der Waals surface area contributed by atoms with Crippen LogP contribution in [-0.4, -0.2) is 186 Å². The van der Waals surface area contributed by atoms with Crippen LogP contribution in [0.25, 0.3) is 0 Å². The number of carboxylic acid groups (broad SMARTS) is 6. The van der Waals surface area contributed by atoms with Crippen LogP contribution in [0.5, 0.6) is 0 Å². The predicted octanol–water partition coefficient (Wildman–Crippen LogP) is -6.82. The third kappa shape index (κ3) is 54.8. The number of alkyl halides is 6. The first-order valence-electron chi connectivity index (χ1n) is 27.5. The summed E-state index contributed by atoms with van der Waals surface area (Å²) in [5.74, 6) is -9.09. The second-order valence-corrected chi connectivity index (χ2v) is 19.5. The first kappa shape index (κ1) is 98.9. The first-order valence-corrected chi connectivity index (χ1v) is 30.3. The van der Waals surface area contributed by atoms with Gasteiger partial charge in [-0.25, -0.2) is 31.8 Å². The molecule has 3 aromatic rings. The minimum absolute atomic E-state index is 0. The summed E-state index contributed by atoms with van der Waals surface area (Å²) in [6.07, 6.45) is 0. The molecule has 515 valence electrons. The Hall–Kier alpha value is -5.28. The molecule has 0 saturated heterocycles.